The van der Waals surface area contributed by atoms with Gasteiger partial charge in [-0.15, -0.1) is 0 Å². The number of benzene rings is 1. The number of sulfonamides is 1. The first-order valence-corrected chi connectivity index (χ1v) is 12.8. The van der Waals surface area contributed by atoms with Gasteiger partial charge in [0.15, 0.2) is 9.84 Å². The SMILES string of the molecule is O=C(CCNS(=O)(=O)c1cccc(Cl)c1)N1CCN(C2CCS(=O)(=O)C2)CC1. The normalized spacial score (nSPS) is 23.0. The Balaban J connectivity index is 1.44. The summed E-state index contributed by atoms with van der Waals surface area (Å²) in [5.41, 5.74) is 0. The van der Waals surface area contributed by atoms with E-state index in [1.807, 2.05) is 0 Å². The third-order valence-corrected chi connectivity index (χ3v) is 8.57. The summed E-state index contributed by atoms with van der Waals surface area (Å²) in [4.78, 5) is 16.3. The molecule has 156 valence electrons. The van der Waals surface area contributed by atoms with Crippen LogP contribution in [0, 0.1) is 0 Å². The standard InChI is InChI=1S/C17H24ClN3O5S2/c18-14-2-1-3-16(12-14)28(25,26)19-6-4-17(22)21-9-7-20(8-10-21)15-5-11-27(23,24)13-15/h1-3,12,15,19H,4-11,13H2. The average Bonchev–Trinajstić information content (AvgIpc) is 3.01. The van der Waals surface area contributed by atoms with Crippen LogP contribution in [0.2, 0.25) is 5.02 Å². The van der Waals surface area contributed by atoms with Gasteiger partial charge >= 0.3 is 0 Å². The number of hydrogen-bond donors (Lipinski definition) is 1. The molecule has 8 nitrogen and oxygen atoms in total. The maximum atomic E-state index is 12.4. The minimum absolute atomic E-state index is 0.00869. The number of hydrogen-bond acceptors (Lipinski definition) is 6. The van der Waals surface area contributed by atoms with Gasteiger partial charge in [-0.25, -0.2) is 21.6 Å². The zero-order chi connectivity index (χ0) is 20.4. The third-order valence-electron chi connectivity index (χ3n) is 5.13. The first kappa shape index (κ1) is 21.5. The van der Waals surface area contributed by atoms with Gasteiger partial charge in [0.25, 0.3) is 0 Å². The Kier molecular flexibility index (Phi) is 6.65. The van der Waals surface area contributed by atoms with E-state index in [0.29, 0.717) is 37.6 Å². The van der Waals surface area contributed by atoms with Gasteiger partial charge in [-0.1, -0.05) is 17.7 Å². The molecule has 1 aromatic rings. The fourth-order valence-corrected chi connectivity index (χ4v) is 6.66. The van der Waals surface area contributed by atoms with Crippen LogP contribution in [0.3, 0.4) is 0 Å². The Morgan fingerprint density at radius 3 is 2.54 bits per heavy atom. The molecule has 0 saturated carbocycles. The second-order valence-corrected chi connectivity index (χ2v) is 11.5. The minimum atomic E-state index is -3.71. The summed E-state index contributed by atoms with van der Waals surface area (Å²) < 4.78 is 50.1. The molecule has 11 heteroatoms. The highest BCUT2D eigenvalue weighted by Crippen LogP contribution is 2.19. The second kappa shape index (κ2) is 8.66. The highest BCUT2D eigenvalue weighted by Gasteiger charge is 2.34. The van der Waals surface area contributed by atoms with Crippen molar-refractivity contribution in [2.45, 2.75) is 23.8 Å². The zero-order valence-electron chi connectivity index (χ0n) is 15.4. The fraction of sp³-hybridized carbons (Fsp3) is 0.588. The van der Waals surface area contributed by atoms with E-state index in [4.69, 9.17) is 11.6 Å². The number of amides is 1. The van der Waals surface area contributed by atoms with Crippen molar-refractivity contribution < 1.29 is 21.6 Å². The molecule has 2 saturated heterocycles. The molecule has 2 heterocycles. The molecule has 1 amide bonds. The first-order valence-electron chi connectivity index (χ1n) is 9.14. The van der Waals surface area contributed by atoms with E-state index in [-0.39, 0.29) is 41.3 Å². The van der Waals surface area contributed by atoms with Crippen LogP contribution in [-0.2, 0) is 24.7 Å². The van der Waals surface area contributed by atoms with Crippen molar-refractivity contribution in [3.8, 4) is 0 Å². The Labute approximate surface area is 170 Å². The van der Waals surface area contributed by atoms with Gasteiger partial charge in [-0.05, 0) is 24.6 Å². The van der Waals surface area contributed by atoms with Crippen LogP contribution in [0.1, 0.15) is 12.8 Å². The van der Waals surface area contributed by atoms with Crippen LogP contribution in [-0.4, -0.2) is 82.8 Å². The maximum Gasteiger partial charge on any atom is 0.240 e. The zero-order valence-corrected chi connectivity index (χ0v) is 17.8. The summed E-state index contributed by atoms with van der Waals surface area (Å²) in [6, 6.07) is 5.99. The Morgan fingerprint density at radius 1 is 1.21 bits per heavy atom. The van der Waals surface area contributed by atoms with Crippen LogP contribution in [0.4, 0.5) is 0 Å². The predicted octanol–water partition coefficient (Wildman–Crippen LogP) is 0.340. The molecular weight excluding hydrogens is 426 g/mol. The van der Waals surface area contributed by atoms with E-state index in [0.717, 1.165) is 0 Å². The number of carbonyl (C=O) groups is 1. The van der Waals surface area contributed by atoms with E-state index < -0.39 is 19.9 Å². The van der Waals surface area contributed by atoms with Crippen molar-refractivity contribution in [2.24, 2.45) is 0 Å². The lowest BCUT2D eigenvalue weighted by atomic mass is 10.2. The molecule has 1 aromatic carbocycles. The molecule has 0 aliphatic carbocycles. The van der Waals surface area contributed by atoms with Crippen molar-refractivity contribution in [1.29, 1.82) is 0 Å². The summed E-state index contributed by atoms with van der Waals surface area (Å²) in [5.74, 6) is 0.322. The molecule has 1 atom stereocenters. The second-order valence-electron chi connectivity index (χ2n) is 7.08. The van der Waals surface area contributed by atoms with Gasteiger partial charge in [-0.3, -0.25) is 9.69 Å². The van der Waals surface area contributed by atoms with Crippen LogP contribution in [0.15, 0.2) is 29.2 Å². The molecule has 0 bridgehead atoms. The van der Waals surface area contributed by atoms with Crippen molar-refractivity contribution in [3.63, 3.8) is 0 Å². The molecule has 3 rings (SSSR count). The van der Waals surface area contributed by atoms with Crippen molar-refractivity contribution >= 4 is 37.4 Å². The van der Waals surface area contributed by atoms with Crippen LogP contribution in [0.25, 0.3) is 0 Å². The van der Waals surface area contributed by atoms with Gasteiger partial charge in [0.05, 0.1) is 16.4 Å². The highest BCUT2D eigenvalue weighted by molar-refractivity contribution is 7.91. The summed E-state index contributed by atoms with van der Waals surface area (Å²) in [6.07, 6.45) is 0.721. The molecule has 2 aliphatic heterocycles. The predicted molar refractivity (Wildman–Crippen MR) is 106 cm³/mol. The van der Waals surface area contributed by atoms with Crippen molar-refractivity contribution in [2.75, 3.05) is 44.2 Å². The third kappa shape index (κ3) is 5.44. The van der Waals surface area contributed by atoms with E-state index in [2.05, 4.69) is 9.62 Å². The molecule has 0 radical (unpaired) electrons. The minimum Gasteiger partial charge on any atom is -0.340 e. The molecular formula is C17H24ClN3O5S2. The van der Waals surface area contributed by atoms with Crippen LogP contribution in [0.5, 0.6) is 0 Å². The smallest absolute Gasteiger partial charge is 0.240 e. The summed E-state index contributed by atoms with van der Waals surface area (Å²) in [5, 5.41) is 0.326. The Hall–Kier alpha value is -1.20. The van der Waals surface area contributed by atoms with Gasteiger partial charge in [0, 0.05) is 50.2 Å². The first-order chi connectivity index (χ1) is 13.2. The number of halogens is 1. The molecule has 2 aliphatic rings. The average molecular weight is 450 g/mol. The van der Waals surface area contributed by atoms with Crippen molar-refractivity contribution in [1.82, 2.24) is 14.5 Å². The largest absolute Gasteiger partial charge is 0.340 e. The molecule has 28 heavy (non-hydrogen) atoms. The van der Waals surface area contributed by atoms with Crippen molar-refractivity contribution in [3.05, 3.63) is 29.3 Å². The highest BCUT2D eigenvalue weighted by atomic mass is 35.5. The number of nitrogens with one attached hydrogen (secondary N) is 1. The number of piperazine rings is 1. The topological polar surface area (TPSA) is 104 Å². The fourth-order valence-electron chi connectivity index (χ4n) is 3.57. The lowest BCUT2D eigenvalue weighted by Crippen LogP contribution is -2.52. The summed E-state index contributed by atoms with van der Waals surface area (Å²) in [6.45, 7) is 2.34. The quantitative estimate of drug-likeness (QED) is 0.671. The van der Waals surface area contributed by atoms with Gasteiger partial charge < -0.3 is 4.90 Å². The van der Waals surface area contributed by atoms with E-state index >= 15 is 0 Å². The van der Waals surface area contributed by atoms with Crippen LogP contribution >= 0.6 is 11.6 Å². The Morgan fingerprint density at radius 2 is 1.93 bits per heavy atom. The number of rotatable bonds is 6. The molecule has 2 fully saturated rings. The number of nitrogens with zero attached hydrogens (tertiary/aromatic N) is 2. The van der Waals surface area contributed by atoms with Gasteiger partial charge in [-0.2, -0.15) is 0 Å². The van der Waals surface area contributed by atoms with Gasteiger partial charge in [0.1, 0.15) is 0 Å². The Bertz CT molecular complexity index is 928. The van der Waals surface area contributed by atoms with E-state index in [1.54, 1.807) is 17.0 Å². The number of carbonyl (C=O) groups excluding carboxylic acids is 1. The summed E-state index contributed by atoms with van der Waals surface area (Å²) in [7, 11) is -6.63. The monoisotopic (exact) mass is 449 g/mol. The lowest BCUT2D eigenvalue weighted by Gasteiger charge is -2.37. The van der Waals surface area contributed by atoms with Crippen LogP contribution < -0.4 is 4.72 Å². The molecule has 0 spiro atoms. The maximum absolute atomic E-state index is 12.4. The molecule has 1 unspecified atom stereocenters. The number of sulfone groups is 1. The molecule has 1 N–H and O–H groups in total. The van der Waals surface area contributed by atoms with E-state index in [1.165, 1.54) is 12.1 Å². The molecule has 0 aromatic heterocycles. The van der Waals surface area contributed by atoms with Gasteiger partial charge in [0.2, 0.25) is 15.9 Å². The van der Waals surface area contributed by atoms with E-state index in [9.17, 15) is 21.6 Å². The lowest BCUT2D eigenvalue weighted by molar-refractivity contribution is -0.133. The summed E-state index contributed by atoms with van der Waals surface area (Å²) >= 11 is 5.82.